The van der Waals surface area contributed by atoms with Crippen molar-refractivity contribution in [3.05, 3.63) is 149 Å². The maximum Gasteiger partial charge on any atom is 0.264 e. The molecule has 0 unspecified atom stereocenters. The first-order chi connectivity index (χ1) is 20.6. The van der Waals surface area contributed by atoms with Crippen molar-refractivity contribution in [2.45, 2.75) is 6.92 Å². The molecule has 0 amide bonds. The van der Waals surface area contributed by atoms with Crippen LogP contribution in [0.3, 0.4) is 0 Å². The lowest BCUT2D eigenvalue weighted by Crippen LogP contribution is -2.13. The van der Waals surface area contributed by atoms with Crippen LogP contribution in [0.1, 0.15) is 5.56 Å². The van der Waals surface area contributed by atoms with E-state index in [0.29, 0.717) is 16.7 Å². The summed E-state index contributed by atoms with van der Waals surface area (Å²) < 4.78 is 1.78. The zero-order valence-corrected chi connectivity index (χ0v) is 22.8. The number of aromatic nitrogens is 2. The molecule has 0 fully saturated rings. The van der Waals surface area contributed by atoms with Crippen molar-refractivity contribution in [2.24, 2.45) is 0 Å². The lowest BCUT2D eigenvalue weighted by atomic mass is 9.94. The van der Waals surface area contributed by atoms with Gasteiger partial charge in [0.2, 0.25) is 0 Å². The van der Waals surface area contributed by atoms with E-state index in [1.807, 2.05) is 48.5 Å². The first-order valence-electron chi connectivity index (χ1n) is 13.9. The zero-order chi connectivity index (χ0) is 28.4. The Morgan fingerprint density at radius 2 is 1.36 bits per heavy atom. The molecular weight excluding hydrogens is 514 g/mol. The van der Waals surface area contributed by atoms with Crippen LogP contribution in [-0.4, -0.2) is 9.38 Å². The average Bonchev–Trinajstić information content (AvgIpc) is 3.44. The zero-order valence-electron chi connectivity index (χ0n) is 22.8. The van der Waals surface area contributed by atoms with Crippen molar-refractivity contribution in [2.75, 3.05) is 0 Å². The van der Waals surface area contributed by atoms with Crippen molar-refractivity contribution in [3.63, 3.8) is 0 Å². The van der Waals surface area contributed by atoms with Crippen molar-refractivity contribution >= 4 is 43.9 Å². The van der Waals surface area contributed by atoms with Crippen molar-refractivity contribution in [1.29, 1.82) is 0 Å². The summed E-state index contributed by atoms with van der Waals surface area (Å²) in [6, 6.07) is 40.7. The summed E-state index contributed by atoms with van der Waals surface area (Å²) in [4.78, 5) is 23.1. The van der Waals surface area contributed by atoms with E-state index in [-0.39, 0.29) is 5.56 Å². The van der Waals surface area contributed by atoms with Crippen molar-refractivity contribution < 1.29 is 0 Å². The van der Waals surface area contributed by atoms with E-state index in [4.69, 9.17) is 11.6 Å². The molecule has 0 aliphatic rings. The fraction of sp³-hybridized carbons (Fsp3) is 0.0263. The molecular formula is C38H23N3O. The molecule has 4 nitrogen and oxygen atoms in total. The Hall–Kier alpha value is -5.79. The highest BCUT2D eigenvalue weighted by Gasteiger charge is 2.20. The summed E-state index contributed by atoms with van der Waals surface area (Å²) in [6.07, 6.45) is 0. The average molecular weight is 538 g/mol. The van der Waals surface area contributed by atoms with Gasteiger partial charge in [-0.2, -0.15) is 0 Å². The van der Waals surface area contributed by atoms with Crippen LogP contribution in [0.5, 0.6) is 0 Å². The van der Waals surface area contributed by atoms with Crippen LogP contribution in [0.4, 0.5) is 5.69 Å². The normalized spacial score (nSPS) is 11.5. The number of benzene rings is 6. The second kappa shape index (κ2) is 9.12. The number of aryl methyl sites for hydroxylation is 1. The Bertz CT molecular complexity index is 2420. The lowest BCUT2D eigenvalue weighted by molar-refractivity contribution is 1.19. The summed E-state index contributed by atoms with van der Waals surface area (Å²) in [5.41, 5.74) is 10.1. The lowest BCUT2D eigenvalue weighted by Gasteiger charge is -2.12. The number of imidazole rings is 1. The Labute approximate surface area is 241 Å². The number of rotatable bonds is 3. The van der Waals surface area contributed by atoms with Gasteiger partial charge in [-0.25, -0.2) is 9.83 Å². The van der Waals surface area contributed by atoms with Crippen molar-refractivity contribution in [1.82, 2.24) is 9.38 Å². The predicted molar refractivity (Wildman–Crippen MR) is 172 cm³/mol. The molecule has 0 bridgehead atoms. The van der Waals surface area contributed by atoms with Gasteiger partial charge < -0.3 is 0 Å². The second-order valence-electron chi connectivity index (χ2n) is 10.7. The Morgan fingerprint density at radius 1 is 0.643 bits per heavy atom. The van der Waals surface area contributed by atoms with E-state index in [2.05, 4.69) is 84.6 Å². The molecule has 0 spiro atoms. The highest BCUT2D eigenvalue weighted by Crippen LogP contribution is 2.39. The highest BCUT2D eigenvalue weighted by molar-refractivity contribution is 6.19. The topological polar surface area (TPSA) is 38.7 Å². The summed E-state index contributed by atoms with van der Waals surface area (Å²) >= 11 is 0. The van der Waals surface area contributed by atoms with Crippen LogP contribution in [0, 0.1) is 13.5 Å². The summed E-state index contributed by atoms with van der Waals surface area (Å²) in [6.45, 7) is 9.41. The fourth-order valence-corrected chi connectivity index (χ4v) is 6.17. The second-order valence-corrected chi connectivity index (χ2v) is 10.7. The molecule has 4 heteroatoms. The number of hydrogen-bond acceptors (Lipinski definition) is 2. The molecule has 0 saturated carbocycles. The first kappa shape index (κ1) is 24.0. The standard InChI is InChI=1S/C38H23N3O/c1-23-11-13-26(14-12-23)33-21-27(24-15-17-28(39-2)18-16-24)22-34-36(33)40-37-31-10-6-9-30-29(25-7-4-3-5-8-25)19-20-32(35(30)31)38(42)41(34)37/h3-22H,1H3. The van der Waals surface area contributed by atoms with Crippen LogP contribution in [0.15, 0.2) is 126 Å². The minimum absolute atomic E-state index is 0.0776. The molecule has 8 aromatic rings. The van der Waals surface area contributed by atoms with Crippen molar-refractivity contribution in [3.8, 4) is 33.4 Å². The van der Waals surface area contributed by atoms with Gasteiger partial charge in [0.15, 0.2) is 5.69 Å². The third-order valence-electron chi connectivity index (χ3n) is 8.25. The molecule has 2 aromatic heterocycles. The van der Waals surface area contributed by atoms with E-state index >= 15 is 0 Å². The van der Waals surface area contributed by atoms with Gasteiger partial charge in [-0.05, 0) is 58.3 Å². The molecule has 8 rings (SSSR count). The molecule has 196 valence electrons. The molecule has 0 radical (unpaired) electrons. The minimum Gasteiger partial charge on any atom is -0.268 e. The largest absolute Gasteiger partial charge is 0.268 e. The Morgan fingerprint density at radius 3 is 2.12 bits per heavy atom. The molecule has 0 aliphatic heterocycles. The highest BCUT2D eigenvalue weighted by atomic mass is 16.1. The maximum atomic E-state index is 14.3. The Kier molecular flexibility index (Phi) is 5.22. The van der Waals surface area contributed by atoms with Crippen LogP contribution in [0.2, 0.25) is 0 Å². The van der Waals surface area contributed by atoms with E-state index in [9.17, 15) is 4.79 Å². The SMILES string of the molecule is [C-]#[N+]c1ccc(-c2cc(-c3ccc(C)cc3)c3nc4c5cccc6c(-c7ccccc7)ccc(c(=O)n4c3c2)c65)cc1. The van der Waals surface area contributed by atoms with Gasteiger partial charge in [-0.3, -0.25) is 9.20 Å². The van der Waals surface area contributed by atoms with Gasteiger partial charge in [0.25, 0.3) is 5.56 Å². The number of pyridine rings is 1. The van der Waals surface area contributed by atoms with E-state index in [1.54, 1.807) is 4.40 Å². The van der Waals surface area contributed by atoms with Gasteiger partial charge in [0.05, 0.1) is 17.6 Å². The maximum absolute atomic E-state index is 14.3. The van der Waals surface area contributed by atoms with Gasteiger partial charge >= 0.3 is 0 Å². The van der Waals surface area contributed by atoms with Gasteiger partial charge in [0.1, 0.15) is 5.65 Å². The van der Waals surface area contributed by atoms with Crippen LogP contribution in [-0.2, 0) is 0 Å². The number of nitrogens with zero attached hydrogens (tertiary/aromatic N) is 3. The third-order valence-corrected chi connectivity index (χ3v) is 8.25. The van der Waals surface area contributed by atoms with Crippen LogP contribution < -0.4 is 5.56 Å². The van der Waals surface area contributed by atoms with Crippen LogP contribution >= 0.6 is 0 Å². The molecule has 0 aliphatic carbocycles. The van der Waals surface area contributed by atoms with Gasteiger partial charge in [0, 0.05) is 21.7 Å². The molecule has 42 heavy (non-hydrogen) atoms. The molecule has 6 aromatic carbocycles. The van der Waals surface area contributed by atoms with E-state index in [0.717, 1.165) is 60.6 Å². The molecule has 0 atom stereocenters. The molecule has 0 saturated heterocycles. The number of hydrogen-bond donors (Lipinski definition) is 0. The minimum atomic E-state index is -0.0776. The van der Waals surface area contributed by atoms with Gasteiger partial charge in [-0.1, -0.05) is 109 Å². The smallest absolute Gasteiger partial charge is 0.264 e. The fourth-order valence-electron chi connectivity index (χ4n) is 6.17. The van der Waals surface area contributed by atoms with Crippen LogP contribution in [0.25, 0.3) is 76.5 Å². The Balaban J connectivity index is 1.50. The molecule has 2 heterocycles. The predicted octanol–water partition coefficient (Wildman–Crippen LogP) is 9.45. The van der Waals surface area contributed by atoms with Gasteiger partial charge in [-0.15, -0.1) is 0 Å². The number of fused-ring (bicyclic) bond motifs is 4. The van der Waals surface area contributed by atoms with E-state index in [1.165, 1.54) is 5.56 Å². The third kappa shape index (κ3) is 3.54. The van der Waals surface area contributed by atoms with E-state index < -0.39 is 0 Å². The summed E-state index contributed by atoms with van der Waals surface area (Å²) in [5.74, 6) is 0. The first-order valence-corrected chi connectivity index (χ1v) is 13.9. The monoisotopic (exact) mass is 537 g/mol. The molecule has 0 N–H and O–H groups in total. The quantitative estimate of drug-likeness (QED) is 0.211. The summed E-state index contributed by atoms with van der Waals surface area (Å²) in [5, 5.41) is 3.62. The summed E-state index contributed by atoms with van der Waals surface area (Å²) in [7, 11) is 0.